The maximum Gasteiger partial charge on any atom is 0.407 e. The molecule has 1 amide bonds. The number of carbonyl (C=O) groups is 1. The van der Waals surface area contributed by atoms with E-state index in [-0.39, 0.29) is 13.2 Å². The van der Waals surface area contributed by atoms with Crippen LogP contribution in [-0.2, 0) is 9.47 Å². The lowest BCUT2D eigenvalue weighted by atomic mass is 10.2. The second-order valence-electron chi connectivity index (χ2n) is 6.52. The molecule has 0 aromatic heterocycles. The smallest absolute Gasteiger partial charge is 0.407 e. The molecule has 0 saturated heterocycles. The zero-order chi connectivity index (χ0) is 16.0. The van der Waals surface area contributed by atoms with E-state index in [9.17, 15) is 15.0 Å². The Morgan fingerprint density at radius 2 is 1.70 bits per heavy atom. The fraction of sp³-hybridized carbons (Fsp3) is 0.923. The minimum absolute atomic E-state index is 0.146. The summed E-state index contributed by atoms with van der Waals surface area (Å²) in [6.45, 7) is 10.5. The molecule has 0 heterocycles. The maximum atomic E-state index is 11.5. The van der Waals surface area contributed by atoms with Crippen LogP contribution in [0.4, 0.5) is 4.79 Å². The van der Waals surface area contributed by atoms with Crippen LogP contribution in [0.3, 0.4) is 0 Å². The number of nitrogens with one attached hydrogen (secondary N) is 2. The Morgan fingerprint density at radius 3 is 2.10 bits per heavy atom. The van der Waals surface area contributed by atoms with E-state index in [0.717, 1.165) is 0 Å². The molecule has 0 aliphatic heterocycles. The lowest BCUT2D eigenvalue weighted by molar-refractivity contribution is -0.181. The van der Waals surface area contributed by atoms with Crippen molar-refractivity contribution in [3.63, 3.8) is 0 Å². The third kappa shape index (κ3) is 11.0. The molecular weight excluding hydrogens is 264 g/mol. The van der Waals surface area contributed by atoms with Crippen molar-refractivity contribution in [2.24, 2.45) is 0 Å². The minimum atomic E-state index is -1.18. The minimum Gasteiger partial charge on any atom is -0.444 e. The van der Waals surface area contributed by atoms with Gasteiger partial charge in [-0.15, -0.1) is 0 Å². The van der Waals surface area contributed by atoms with E-state index < -0.39 is 29.8 Å². The molecule has 0 aromatic rings. The van der Waals surface area contributed by atoms with Crippen LogP contribution in [0, 0.1) is 0 Å². The highest BCUT2D eigenvalue weighted by Crippen LogP contribution is 2.08. The summed E-state index contributed by atoms with van der Waals surface area (Å²) in [4.78, 5) is 11.5. The second kappa shape index (κ2) is 7.78. The number of hydrogen-bond donors (Lipinski definition) is 4. The SMILES string of the molecule is CC(C)(C)OC(=O)N[C@H](CO)CNC(O)OC(C)(C)C. The van der Waals surface area contributed by atoms with Crippen molar-refractivity contribution in [1.29, 1.82) is 0 Å². The molecule has 0 fully saturated rings. The van der Waals surface area contributed by atoms with E-state index in [1.165, 1.54) is 0 Å². The van der Waals surface area contributed by atoms with Gasteiger partial charge >= 0.3 is 6.09 Å². The van der Waals surface area contributed by atoms with Crippen LogP contribution < -0.4 is 10.6 Å². The van der Waals surface area contributed by atoms with Crippen molar-refractivity contribution in [1.82, 2.24) is 10.6 Å². The van der Waals surface area contributed by atoms with Crippen LogP contribution in [0.25, 0.3) is 0 Å². The Balaban J connectivity index is 4.13. The molecule has 1 unspecified atom stereocenters. The molecular formula is C13H28N2O5. The molecule has 0 radical (unpaired) electrons. The Bertz CT molecular complexity index is 296. The van der Waals surface area contributed by atoms with Gasteiger partial charge in [0.2, 0.25) is 6.41 Å². The van der Waals surface area contributed by atoms with Gasteiger partial charge in [-0.2, -0.15) is 0 Å². The molecule has 120 valence electrons. The van der Waals surface area contributed by atoms with Gasteiger partial charge in [-0.1, -0.05) is 0 Å². The average molecular weight is 292 g/mol. The Morgan fingerprint density at radius 1 is 1.15 bits per heavy atom. The number of ether oxygens (including phenoxy) is 2. The summed E-state index contributed by atoms with van der Waals surface area (Å²) in [5.74, 6) is 0. The van der Waals surface area contributed by atoms with Crippen molar-refractivity contribution < 1.29 is 24.5 Å². The van der Waals surface area contributed by atoms with E-state index in [1.54, 1.807) is 41.5 Å². The molecule has 20 heavy (non-hydrogen) atoms. The van der Waals surface area contributed by atoms with Crippen molar-refractivity contribution in [3.05, 3.63) is 0 Å². The molecule has 7 heteroatoms. The van der Waals surface area contributed by atoms with Gasteiger partial charge in [0.25, 0.3) is 0 Å². The van der Waals surface area contributed by atoms with Crippen LogP contribution >= 0.6 is 0 Å². The summed E-state index contributed by atoms with van der Waals surface area (Å²) in [5.41, 5.74) is -1.11. The predicted molar refractivity (Wildman–Crippen MR) is 75.1 cm³/mol. The molecule has 0 aliphatic rings. The number of aliphatic hydroxyl groups excluding tert-OH is 2. The van der Waals surface area contributed by atoms with Gasteiger partial charge in [0.15, 0.2) is 0 Å². The van der Waals surface area contributed by atoms with Crippen LogP contribution in [0.1, 0.15) is 41.5 Å². The third-order valence-corrected chi connectivity index (χ3v) is 1.95. The Kier molecular flexibility index (Phi) is 7.43. The van der Waals surface area contributed by atoms with E-state index >= 15 is 0 Å². The maximum absolute atomic E-state index is 11.5. The fourth-order valence-electron chi connectivity index (χ4n) is 1.26. The van der Waals surface area contributed by atoms with Gasteiger partial charge < -0.3 is 25.0 Å². The number of hydrogen-bond acceptors (Lipinski definition) is 6. The van der Waals surface area contributed by atoms with E-state index in [1.807, 2.05) is 0 Å². The molecule has 0 aliphatic carbocycles. The van der Waals surface area contributed by atoms with Gasteiger partial charge in [0, 0.05) is 6.54 Å². The normalized spacial score (nSPS) is 15.6. The highest BCUT2D eigenvalue weighted by molar-refractivity contribution is 5.68. The summed E-state index contributed by atoms with van der Waals surface area (Å²) in [7, 11) is 0. The van der Waals surface area contributed by atoms with Crippen LogP contribution in [-0.4, -0.2) is 53.1 Å². The first kappa shape index (κ1) is 19.1. The first-order valence-corrected chi connectivity index (χ1v) is 6.62. The predicted octanol–water partition coefficient (Wildman–Crippen LogP) is 0.553. The van der Waals surface area contributed by atoms with E-state index in [2.05, 4.69) is 10.6 Å². The Hall–Kier alpha value is -0.890. The van der Waals surface area contributed by atoms with Crippen LogP contribution in [0.5, 0.6) is 0 Å². The topological polar surface area (TPSA) is 100 Å². The van der Waals surface area contributed by atoms with E-state index in [4.69, 9.17) is 9.47 Å². The van der Waals surface area contributed by atoms with Crippen molar-refractivity contribution in [2.75, 3.05) is 13.2 Å². The first-order valence-electron chi connectivity index (χ1n) is 6.62. The molecule has 2 atom stereocenters. The van der Waals surface area contributed by atoms with Gasteiger partial charge in [-0.25, -0.2) is 4.79 Å². The summed E-state index contributed by atoms with van der Waals surface area (Å²) in [5, 5.41) is 23.9. The number of carbonyl (C=O) groups excluding carboxylic acids is 1. The fourth-order valence-corrected chi connectivity index (χ4v) is 1.26. The summed E-state index contributed by atoms with van der Waals surface area (Å²) < 4.78 is 10.3. The number of alkyl carbamates (subject to hydrolysis) is 1. The lowest BCUT2D eigenvalue weighted by Gasteiger charge is -2.26. The standard InChI is InChI=1S/C13H28N2O5/c1-12(2,3)19-10(17)14-7-9(8-16)15-11(18)20-13(4,5)6/h9-10,14,16-17H,7-8H2,1-6H3,(H,15,18)/t9-,10?/m0/s1. The Labute approximate surface area is 120 Å². The van der Waals surface area contributed by atoms with E-state index in [0.29, 0.717) is 0 Å². The van der Waals surface area contributed by atoms with Crippen molar-refractivity contribution in [3.8, 4) is 0 Å². The highest BCUT2D eigenvalue weighted by Gasteiger charge is 2.21. The van der Waals surface area contributed by atoms with Gasteiger partial charge in [0.05, 0.1) is 18.2 Å². The highest BCUT2D eigenvalue weighted by atomic mass is 16.6. The van der Waals surface area contributed by atoms with Gasteiger partial charge in [-0.3, -0.25) is 5.32 Å². The summed E-state index contributed by atoms with van der Waals surface area (Å²) in [6.07, 6.45) is -1.80. The van der Waals surface area contributed by atoms with Crippen molar-refractivity contribution >= 4 is 6.09 Å². The van der Waals surface area contributed by atoms with Gasteiger partial charge in [0.1, 0.15) is 5.60 Å². The molecule has 0 spiro atoms. The molecule has 0 saturated carbocycles. The molecule has 0 rings (SSSR count). The van der Waals surface area contributed by atoms with Crippen LogP contribution in [0.2, 0.25) is 0 Å². The van der Waals surface area contributed by atoms with Gasteiger partial charge in [-0.05, 0) is 41.5 Å². The molecule has 0 aromatic carbocycles. The third-order valence-electron chi connectivity index (χ3n) is 1.95. The summed E-state index contributed by atoms with van der Waals surface area (Å²) in [6, 6.07) is -0.580. The number of amides is 1. The lowest BCUT2D eigenvalue weighted by Crippen LogP contribution is -2.49. The molecule has 0 bridgehead atoms. The first-order chi connectivity index (χ1) is 8.93. The molecule has 4 N–H and O–H groups in total. The number of rotatable bonds is 6. The largest absolute Gasteiger partial charge is 0.444 e. The monoisotopic (exact) mass is 292 g/mol. The summed E-state index contributed by atoms with van der Waals surface area (Å²) >= 11 is 0. The zero-order valence-corrected chi connectivity index (χ0v) is 13.2. The quantitative estimate of drug-likeness (QED) is 0.534. The number of aliphatic hydroxyl groups is 2. The van der Waals surface area contributed by atoms with Crippen LogP contribution in [0.15, 0.2) is 0 Å². The zero-order valence-electron chi connectivity index (χ0n) is 13.2. The average Bonchev–Trinajstić information content (AvgIpc) is 2.18. The van der Waals surface area contributed by atoms with Crippen molar-refractivity contribution in [2.45, 2.75) is 65.2 Å². The second-order valence-corrected chi connectivity index (χ2v) is 6.52. The molecule has 7 nitrogen and oxygen atoms in total.